The molecule has 0 radical (unpaired) electrons. The van der Waals surface area contributed by atoms with Gasteiger partial charge in [0, 0.05) is 11.6 Å². The third kappa shape index (κ3) is 3.71. The number of rotatable bonds is 7. The Hall–Kier alpha value is -1.06. The van der Waals surface area contributed by atoms with E-state index < -0.39 is 0 Å². The average Bonchev–Trinajstić information content (AvgIpc) is 2.47. The number of para-hydroxylation sites is 1. The summed E-state index contributed by atoms with van der Waals surface area (Å²) in [6.07, 6.45) is 8.39. The van der Waals surface area contributed by atoms with Crippen molar-refractivity contribution in [2.24, 2.45) is 5.84 Å². The fourth-order valence-electron chi connectivity index (χ4n) is 2.79. The molecule has 0 bridgehead atoms. The Kier molecular flexibility index (Phi) is 5.67. The summed E-state index contributed by atoms with van der Waals surface area (Å²) in [5.74, 6) is 6.82. The zero-order valence-corrected chi connectivity index (χ0v) is 12.0. The van der Waals surface area contributed by atoms with Crippen molar-refractivity contribution in [3.63, 3.8) is 0 Å². The molecular formula is C16H26N2O. The van der Waals surface area contributed by atoms with Crippen LogP contribution in [0.4, 0.5) is 0 Å². The van der Waals surface area contributed by atoms with Crippen molar-refractivity contribution in [2.45, 2.75) is 57.9 Å². The Labute approximate surface area is 116 Å². The van der Waals surface area contributed by atoms with Crippen LogP contribution in [0.15, 0.2) is 18.2 Å². The van der Waals surface area contributed by atoms with Crippen LogP contribution in [-0.2, 0) is 6.42 Å². The molecule has 0 aromatic heterocycles. The van der Waals surface area contributed by atoms with E-state index in [4.69, 9.17) is 10.6 Å². The summed E-state index contributed by atoms with van der Waals surface area (Å²) in [6.45, 7) is 3.07. The summed E-state index contributed by atoms with van der Waals surface area (Å²) < 4.78 is 5.87. The molecule has 1 aliphatic heterocycles. The summed E-state index contributed by atoms with van der Waals surface area (Å²) in [5, 5.41) is 0. The lowest BCUT2D eigenvalue weighted by Crippen LogP contribution is -2.29. The maximum absolute atomic E-state index is 5.87. The largest absolute Gasteiger partial charge is 0.493 e. The summed E-state index contributed by atoms with van der Waals surface area (Å²) in [6, 6.07) is 6.65. The third-order valence-electron chi connectivity index (χ3n) is 3.89. The first-order valence-electron chi connectivity index (χ1n) is 7.57. The average molecular weight is 262 g/mol. The molecule has 0 saturated carbocycles. The van der Waals surface area contributed by atoms with Crippen LogP contribution in [0.2, 0.25) is 0 Å². The fourth-order valence-corrected chi connectivity index (χ4v) is 2.79. The topological polar surface area (TPSA) is 47.3 Å². The van der Waals surface area contributed by atoms with Crippen molar-refractivity contribution in [3.8, 4) is 5.75 Å². The standard InChI is InChI=1S/C16H26N2O/c1-2-3-4-5-11-15(18-17)14-10-6-8-13-9-7-12-19-16(13)14/h6,8,10,15,18H,2-5,7,9,11-12,17H2,1H3. The lowest BCUT2D eigenvalue weighted by Gasteiger charge is -2.25. The molecule has 19 heavy (non-hydrogen) atoms. The first-order valence-corrected chi connectivity index (χ1v) is 7.57. The number of nitrogens with two attached hydrogens (primary N) is 1. The quantitative estimate of drug-likeness (QED) is 0.449. The molecule has 0 spiro atoms. The van der Waals surface area contributed by atoms with Gasteiger partial charge in [0.1, 0.15) is 5.75 Å². The minimum atomic E-state index is 0.213. The van der Waals surface area contributed by atoms with Gasteiger partial charge in [0.2, 0.25) is 0 Å². The van der Waals surface area contributed by atoms with Crippen LogP contribution in [0, 0.1) is 0 Å². The lowest BCUT2D eigenvalue weighted by atomic mass is 9.95. The van der Waals surface area contributed by atoms with Crippen molar-refractivity contribution in [2.75, 3.05) is 6.61 Å². The molecule has 1 heterocycles. The number of nitrogens with one attached hydrogen (secondary N) is 1. The second-order valence-corrected chi connectivity index (χ2v) is 5.36. The number of fused-ring (bicyclic) bond motifs is 1. The van der Waals surface area contributed by atoms with E-state index in [1.807, 2.05) is 0 Å². The Balaban J connectivity index is 2.05. The van der Waals surface area contributed by atoms with E-state index in [0.717, 1.165) is 31.6 Å². The van der Waals surface area contributed by atoms with Crippen LogP contribution in [-0.4, -0.2) is 6.61 Å². The van der Waals surface area contributed by atoms with Gasteiger partial charge in [0.15, 0.2) is 0 Å². The second-order valence-electron chi connectivity index (χ2n) is 5.36. The number of unbranched alkanes of at least 4 members (excludes halogenated alkanes) is 3. The first kappa shape index (κ1) is 14.4. The van der Waals surface area contributed by atoms with E-state index >= 15 is 0 Å². The van der Waals surface area contributed by atoms with Crippen LogP contribution in [0.5, 0.6) is 5.75 Å². The summed E-state index contributed by atoms with van der Waals surface area (Å²) in [4.78, 5) is 0. The highest BCUT2D eigenvalue weighted by atomic mass is 16.5. The first-order chi connectivity index (χ1) is 9.36. The lowest BCUT2D eigenvalue weighted by molar-refractivity contribution is 0.280. The smallest absolute Gasteiger partial charge is 0.127 e. The van der Waals surface area contributed by atoms with Gasteiger partial charge in [-0.2, -0.15) is 0 Å². The van der Waals surface area contributed by atoms with Crippen LogP contribution in [0.25, 0.3) is 0 Å². The molecular weight excluding hydrogens is 236 g/mol. The minimum absolute atomic E-state index is 0.213. The van der Waals surface area contributed by atoms with Gasteiger partial charge in [0.05, 0.1) is 6.61 Å². The van der Waals surface area contributed by atoms with Gasteiger partial charge >= 0.3 is 0 Å². The molecule has 0 amide bonds. The Morgan fingerprint density at radius 2 is 2.21 bits per heavy atom. The normalized spacial score (nSPS) is 15.7. The maximum Gasteiger partial charge on any atom is 0.127 e. The predicted molar refractivity (Wildman–Crippen MR) is 79.1 cm³/mol. The molecule has 106 valence electrons. The van der Waals surface area contributed by atoms with E-state index in [1.165, 1.54) is 36.8 Å². The number of benzene rings is 1. The molecule has 2 rings (SSSR count). The molecule has 3 heteroatoms. The van der Waals surface area contributed by atoms with Gasteiger partial charge in [-0.05, 0) is 24.8 Å². The second kappa shape index (κ2) is 7.51. The van der Waals surface area contributed by atoms with E-state index in [-0.39, 0.29) is 6.04 Å². The highest BCUT2D eigenvalue weighted by molar-refractivity contribution is 5.44. The van der Waals surface area contributed by atoms with Crippen molar-refractivity contribution in [3.05, 3.63) is 29.3 Å². The number of hydrogen-bond donors (Lipinski definition) is 2. The van der Waals surface area contributed by atoms with Gasteiger partial charge in [-0.25, -0.2) is 0 Å². The Morgan fingerprint density at radius 1 is 1.32 bits per heavy atom. The zero-order valence-electron chi connectivity index (χ0n) is 12.0. The zero-order chi connectivity index (χ0) is 13.5. The van der Waals surface area contributed by atoms with Crippen molar-refractivity contribution in [1.29, 1.82) is 0 Å². The molecule has 1 aromatic rings. The highest BCUT2D eigenvalue weighted by Gasteiger charge is 2.19. The molecule has 1 aliphatic rings. The van der Waals surface area contributed by atoms with E-state index in [2.05, 4.69) is 30.5 Å². The number of aryl methyl sites for hydroxylation is 1. The Bertz CT molecular complexity index is 392. The Morgan fingerprint density at radius 3 is 3.00 bits per heavy atom. The van der Waals surface area contributed by atoms with Gasteiger partial charge in [-0.1, -0.05) is 50.8 Å². The van der Waals surface area contributed by atoms with Crippen LogP contribution in [0.3, 0.4) is 0 Å². The molecule has 1 atom stereocenters. The van der Waals surface area contributed by atoms with Crippen molar-refractivity contribution < 1.29 is 4.74 Å². The monoisotopic (exact) mass is 262 g/mol. The molecule has 3 nitrogen and oxygen atoms in total. The SMILES string of the molecule is CCCCCCC(NN)c1cccc2c1OCCC2. The van der Waals surface area contributed by atoms with Crippen LogP contribution < -0.4 is 16.0 Å². The van der Waals surface area contributed by atoms with E-state index in [1.54, 1.807) is 0 Å². The van der Waals surface area contributed by atoms with E-state index in [9.17, 15) is 0 Å². The summed E-state index contributed by atoms with van der Waals surface area (Å²) >= 11 is 0. The predicted octanol–water partition coefficient (Wildman–Crippen LogP) is 3.49. The van der Waals surface area contributed by atoms with Crippen molar-refractivity contribution in [1.82, 2.24) is 5.43 Å². The molecule has 0 saturated heterocycles. The third-order valence-corrected chi connectivity index (χ3v) is 3.89. The highest BCUT2D eigenvalue weighted by Crippen LogP contribution is 2.34. The van der Waals surface area contributed by atoms with Gasteiger partial charge < -0.3 is 4.74 Å². The summed E-state index contributed by atoms with van der Waals surface area (Å²) in [7, 11) is 0. The molecule has 3 N–H and O–H groups in total. The molecule has 1 aromatic carbocycles. The van der Waals surface area contributed by atoms with E-state index in [0.29, 0.717) is 0 Å². The van der Waals surface area contributed by atoms with Gasteiger partial charge in [-0.15, -0.1) is 0 Å². The maximum atomic E-state index is 5.87. The van der Waals surface area contributed by atoms with Crippen LogP contribution in [0.1, 0.15) is 62.6 Å². The number of ether oxygens (including phenoxy) is 1. The van der Waals surface area contributed by atoms with Gasteiger partial charge in [0.25, 0.3) is 0 Å². The number of hydrogen-bond acceptors (Lipinski definition) is 3. The number of hydrazine groups is 1. The van der Waals surface area contributed by atoms with Crippen molar-refractivity contribution >= 4 is 0 Å². The van der Waals surface area contributed by atoms with Gasteiger partial charge in [-0.3, -0.25) is 11.3 Å². The minimum Gasteiger partial charge on any atom is -0.493 e. The molecule has 0 aliphatic carbocycles. The summed E-state index contributed by atoms with van der Waals surface area (Å²) in [5.41, 5.74) is 5.53. The van der Waals surface area contributed by atoms with Crippen LogP contribution >= 0.6 is 0 Å². The fraction of sp³-hybridized carbons (Fsp3) is 0.625. The molecule has 1 unspecified atom stereocenters. The molecule has 0 fully saturated rings.